The minimum Gasteiger partial charge on any atom is -0.399 e. The van der Waals surface area contributed by atoms with Crippen LogP contribution < -0.4 is 10.5 Å². The Bertz CT molecular complexity index is 540. The molecule has 19 heavy (non-hydrogen) atoms. The van der Waals surface area contributed by atoms with Crippen LogP contribution in [-0.2, 0) is 10.0 Å². The van der Waals surface area contributed by atoms with Gasteiger partial charge in [-0.1, -0.05) is 19.3 Å². The Balaban J connectivity index is 2.07. The van der Waals surface area contributed by atoms with E-state index in [1.165, 1.54) is 12.5 Å². The number of nitrogens with one attached hydrogen (secondary N) is 1. The van der Waals surface area contributed by atoms with Gasteiger partial charge < -0.3 is 5.73 Å². The fraction of sp³-hybridized carbons (Fsp3) is 0.538. The molecule has 1 aliphatic rings. The van der Waals surface area contributed by atoms with Gasteiger partial charge in [0.1, 0.15) is 10.7 Å². The van der Waals surface area contributed by atoms with Crippen LogP contribution in [0.5, 0.6) is 0 Å². The molecule has 1 aliphatic carbocycles. The zero-order valence-corrected chi connectivity index (χ0v) is 11.5. The van der Waals surface area contributed by atoms with Crippen LogP contribution in [0.25, 0.3) is 0 Å². The average Bonchev–Trinajstić information content (AvgIpc) is 2.40. The third kappa shape index (κ3) is 3.67. The standard InChI is InChI=1S/C13H19FN2O2S/c14-12-7-6-11(15)8-13(12)19(17,18)16-9-10-4-2-1-3-5-10/h6-8,10,16H,1-5,9,15H2. The van der Waals surface area contributed by atoms with Crippen molar-refractivity contribution in [3.63, 3.8) is 0 Å². The van der Waals surface area contributed by atoms with Gasteiger partial charge in [0.15, 0.2) is 0 Å². The molecule has 3 N–H and O–H groups in total. The molecule has 6 heteroatoms. The first-order valence-electron chi connectivity index (χ1n) is 6.54. The normalized spacial score (nSPS) is 17.5. The zero-order valence-electron chi connectivity index (χ0n) is 10.7. The molecule has 0 unspecified atom stereocenters. The smallest absolute Gasteiger partial charge is 0.243 e. The summed E-state index contributed by atoms with van der Waals surface area (Å²) in [5.41, 5.74) is 5.74. The topological polar surface area (TPSA) is 72.2 Å². The van der Waals surface area contributed by atoms with Crippen LogP contribution in [0.4, 0.5) is 10.1 Å². The van der Waals surface area contributed by atoms with E-state index in [1.807, 2.05) is 0 Å². The van der Waals surface area contributed by atoms with Crippen molar-refractivity contribution >= 4 is 15.7 Å². The molecule has 0 heterocycles. The Kier molecular flexibility index (Phi) is 4.42. The van der Waals surface area contributed by atoms with Crippen molar-refractivity contribution in [1.82, 2.24) is 4.72 Å². The second kappa shape index (κ2) is 5.88. The Labute approximate surface area is 113 Å². The lowest BCUT2D eigenvalue weighted by atomic mass is 9.90. The third-order valence-corrected chi connectivity index (χ3v) is 4.97. The lowest BCUT2D eigenvalue weighted by Gasteiger charge is -2.21. The van der Waals surface area contributed by atoms with Gasteiger partial charge in [0, 0.05) is 12.2 Å². The molecule has 0 bridgehead atoms. The van der Waals surface area contributed by atoms with E-state index in [-0.39, 0.29) is 10.6 Å². The molecule has 0 spiro atoms. The number of anilines is 1. The fourth-order valence-corrected chi connectivity index (χ4v) is 3.65. The summed E-state index contributed by atoms with van der Waals surface area (Å²) in [7, 11) is -3.82. The minimum atomic E-state index is -3.82. The van der Waals surface area contributed by atoms with Gasteiger partial charge in [-0.05, 0) is 37.0 Å². The van der Waals surface area contributed by atoms with Gasteiger partial charge in [0.2, 0.25) is 10.0 Å². The Morgan fingerprint density at radius 1 is 1.26 bits per heavy atom. The van der Waals surface area contributed by atoms with E-state index in [9.17, 15) is 12.8 Å². The molecular formula is C13H19FN2O2S. The Morgan fingerprint density at radius 2 is 1.95 bits per heavy atom. The summed E-state index contributed by atoms with van der Waals surface area (Å²) in [6, 6.07) is 3.57. The molecule has 1 saturated carbocycles. The van der Waals surface area contributed by atoms with Crippen LogP contribution in [0, 0.1) is 11.7 Å². The predicted molar refractivity (Wildman–Crippen MR) is 72.6 cm³/mol. The number of nitrogens with two attached hydrogens (primary N) is 1. The SMILES string of the molecule is Nc1ccc(F)c(S(=O)(=O)NCC2CCCCC2)c1. The van der Waals surface area contributed by atoms with Crippen molar-refractivity contribution in [3.05, 3.63) is 24.0 Å². The van der Waals surface area contributed by atoms with Crippen molar-refractivity contribution in [2.75, 3.05) is 12.3 Å². The van der Waals surface area contributed by atoms with Gasteiger partial charge in [0.05, 0.1) is 0 Å². The lowest BCUT2D eigenvalue weighted by molar-refractivity contribution is 0.357. The molecule has 1 fully saturated rings. The number of nitrogen functional groups attached to an aromatic ring is 1. The number of hydrogen-bond acceptors (Lipinski definition) is 3. The quantitative estimate of drug-likeness (QED) is 0.834. The molecule has 0 amide bonds. The molecule has 106 valence electrons. The van der Waals surface area contributed by atoms with E-state index in [2.05, 4.69) is 4.72 Å². The summed E-state index contributed by atoms with van der Waals surface area (Å²) in [6.07, 6.45) is 5.55. The largest absolute Gasteiger partial charge is 0.399 e. The van der Waals surface area contributed by atoms with Gasteiger partial charge in [-0.25, -0.2) is 17.5 Å². The summed E-state index contributed by atoms with van der Waals surface area (Å²) in [6.45, 7) is 0.372. The Morgan fingerprint density at radius 3 is 2.63 bits per heavy atom. The van der Waals surface area contributed by atoms with Crippen molar-refractivity contribution in [1.29, 1.82) is 0 Å². The maximum absolute atomic E-state index is 13.6. The van der Waals surface area contributed by atoms with E-state index in [0.717, 1.165) is 37.8 Å². The first kappa shape index (κ1) is 14.3. The summed E-state index contributed by atoms with van der Waals surface area (Å²) in [5.74, 6) is -0.419. The van der Waals surface area contributed by atoms with Gasteiger partial charge in [0.25, 0.3) is 0 Å². The van der Waals surface area contributed by atoms with E-state index in [1.54, 1.807) is 0 Å². The molecule has 0 aliphatic heterocycles. The van der Waals surface area contributed by atoms with Gasteiger partial charge >= 0.3 is 0 Å². The molecule has 2 rings (SSSR count). The molecule has 4 nitrogen and oxygen atoms in total. The molecule has 0 saturated heterocycles. The van der Waals surface area contributed by atoms with Crippen molar-refractivity contribution in [2.45, 2.75) is 37.0 Å². The van der Waals surface area contributed by atoms with Crippen LogP contribution in [-0.4, -0.2) is 15.0 Å². The monoisotopic (exact) mass is 286 g/mol. The zero-order chi connectivity index (χ0) is 13.9. The molecular weight excluding hydrogens is 267 g/mol. The summed E-state index contributed by atoms with van der Waals surface area (Å²) < 4.78 is 40.1. The number of hydrogen-bond donors (Lipinski definition) is 2. The first-order valence-corrected chi connectivity index (χ1v) is 8.02. The molecule has 0 aromatic heterocycles. The highest BCUT2D eigenvalue weighted by atomic mass is 32.2. The molecule has 1 aromatic rings. The minimum absolute atomic E-state index is 0.236. The van der Waals surface area contributed by atoms with Gasteiger partial charge in [-0.15, -0.1) is 0 Å². The first-order chi connectivity index (χ1) is 8.99. The molecule has 1 aromatic carbocycles. The van der Waals surface area contributed by atoms with E-state index in [0.29, 0.717) is 12.5 Å². The van der Waals surface area contributed by atoms with Crippen LogP contribution in [0.2, 0.25) is 0 Å². The maximum atomic E-state index is 13.6. The maximum Gasteiger partial charge on any atom is 0.243 e. The van der Waals surface area contributed by atoms with E-state index >= 15 is 0 Å². The van der Waals surface area contributed by atoms with Crippen LogP contribution in [0.1, 0.15) is 32.1 Å². The number of rotatable bonds is 4. The van der Waals surface area contributed by atoms with Crippen LogP contribution >= 0.6 is 0 Å². The second-order valence-electron chi connectivity index (χ2n) is 5.05. The van der Waals surface area contributed by atoms with Gasteiger partial charge in [-0.2, -0.15) is 0 Å². The third-order valence-electron chi connectivity index (χ3n) is 3.53. The highest BCUT2D eigenvalue weighted by molar-refractivity contribution is 7.89. The highest BCUT2D eigenvalue weighted by Crippen LogP contribution is 2.24. The number of benzene rings is 1. The van der Waals surface area contributed by atoms with Gasteiger partial charge in [-0.3, -0.25) is 0 Å². The van der Waals surface area contributed by atoms with Crippen molar-refractivity contribution < 1.29 is 12.8 Å². The number of halogens is 1. The lowest BCUT2D eigenvalue weighted by Crippen LogP contribution is -2.31. The van der Waals surface area contributed by atoms with Crippen molar-refractivity contribution in [3.8, 4) is 0 Å². The van der Waals surface area contributed by atoms with E-state index < -0.39 is 15.8 Å². The fourth-order valence-electron chi connectivity index (χ4n) is 2.42. The molecule has 0 radical (unpaired) electrons. The number of sulfonamides is 1. The summed E-state index contributed by atoms with van der Waals surface area (Å²) >= 11 is 0. The summed E-state index contributed by atoms with van der Waals surface area (Å²) in [5, 5.41) is 0. The van der Waals surface area contributed by atoms with Crippen molar-refractivity contribution in [2.24, 2.45) is 5.92 Å². The van der Waals surface area contributed by atoms with E-state index in [4.69, 9.17) is 5.73 Å². The average molecular weight is 286 g/mol. The van der Waals surface area contributed by atoms with Crippen LogP contribution in [0.15, 0.2) is 23.1 Å². The van der Waals surface area contributed by atoms with Crippen LogP contribution in [0.3, 0.4) is 0 Å². The second-order valence-corrected chi connectivity index (χ2v) is 6.78. The summed E-state index contributed by atoms with van der Waals surface area (Å²) in [4.78, 5) is -0.372. The Hall–Kier alpha value is -1.14. The highest BCUT2D eigenvalue weighted by Gasteiger charge is 2.21. The molecule has 0 atom stereocenters. The predicted octanol–water partition coefficient (Wildman–Crippen LogP) is 2.27.